The van der Waals surface area contributed by atoms with E-state index in [1.807, 2.05) is 0 Å². The zero-order valence-electron chi connectivity index (χ0n) is 5.48. The van der Waals surface area contributed by atoms with Crippen LogP contribution in [0.3, 0.4) is 0 Å². The van der Waals surface area contributed by atoms with Gasteiger partial charge in [0.1, 0.15) is 19.0 Å². The molecule has 2 unspecified atom stereocenters. The average molecular weight is 391 g/mol. The van der Waals surface area contributed by atoms with Crippen LogP contribution in [0.4, 0.5) is 8.78 Å². The van der Waals surface area contributed by atoms with Crippen molar-refractivity contribution in [3.05, 3.63) is 0 Å². The largest absolute Gasteiger partial charge is 0.387 e. The van der Waals surface area contributed by atoms with E-state index >= 15 is 0 Å². The average Bonchev–Trinajstić information content (AvgIpc) is 1.84. The fraction of sp³-hybridized carbons (Fsp3) is 1.00. The molecule has 1 N–H and O–H groups in total. The maximum atomic E-state index is 12.0. The zero-order valence-corrected chi connectivity index (χ0v) is 11.9. The summed E-state index contributed by atoms with van der Waals surface area (Å²) in [5.74, 6) is 0. The molecular formula is C5H10F2ORf. The third-order valence-corrected chi connectivity index (χ3v) is 0.966. The minimum atomic E-state index is -1.42. The first kappa shape index (κ1) is 10.7. The van der Waals surface area contributed by atoms with E-state index in [-0.39, 0.29) is 6.42 Å². The Labute approximate surface area is 47.3 Å². The Morgan fingerprint density at radius 2 is 2.00 bits per heavy atom. The molecule has 0 aromatic rings. The Hall–Kier alpha value is -1.18. The van der Waals surface area contributed by atoms with E-state index < -0.39 is 19.0 Å². The Bertz CT molecular complexity index is 54.9. The summed E-state index contributed by atoms with van der Waals surface area (Å²) in [6.07, 6.45) is -2.65. The van der Waals surface area contributed by atoms with Crippen LogP contribution in [-0.4, -0.2) is 24.1 Å². The van der Waals surface area contributed by atoms with E-state index in [0.29, 0.717) is 0 Å². The van der Waals surface area contributed by atoms with Gasteiger partial charge in [-0.2, -0.15) is 0 Å². The third-order valence-electron chi connectivity index (χ3n) is 0.966. The molecule has 4 heteroatoms. The standard InChI is InChI=1S/C5H10F2O.Rf/c1-2-4(7)5(8)3-6;/h4-5,8H,2-3H2,1H3;. The van der Waals surface area contributed by atoms with Gasteiger partial charge in [-0.1, -0.05) is 6.92 Å². The van der Waals surface area contributed by atoms with Gasteiger partial charge in [0.2, 0.25) is 0 Å². The van der Waals surface area contributed by atoms with Crippen molar-refractivity contribution >= 4 is 0 Å². The van der Waals surface area contributed by atoms with Crippen molar-refractivity contribution in [2.45, 2.75) is 25.6 Å². The Morgan fingerprint density at radius 1 is 1.56 bits per heavy atom. The maximum absolute atomic E-state index is 12.0. The van der Waals surface area contributed by atoms with Gasteiger partial charge in [0, 0.05) is 0 Å². The van der Waals surface area contributed by atoms with Crippen molar-refractivity contribution in [3.8, 4) is 0 Å². The monoisotopic (exact) mass is 391 g/mol. The topological polar surface area (TPSA) is 20.2 Å². The number of hydrogen-bond donors (Lipinski definition) is 1. The number of halogens is 2. The molecule has 0 radical (unpaired) electrons. The van der Waals surface area contributed by atoms with Gasteiger partial charge in [-0.05, 0) is 6.42 Å². The molecule has 0 saturated carbocycles. The smallest absolute Gasteiger partial charge is 0.128 e. The number of aliphatic hydroxyl groups is 1. The molecular weight excluding hydrogens is 381 g/mol. The van der Waals surface area contributed by atoms with Crippen LogP contribution in [0.25, 0.3) is 0 Å². The van der Waals surface area contributed by atoms with Crippen LogP contribution in [0.1, 0.15) is 13.3 Å². The van der Waals surface area contributed by atoms with E-state index in [0.717, 1.165) is 0 Å². The summed E-state index contributed by atoms with van der Waals surface area (Å²) in [5.41, 5.74) is 0. The first-order chi connectivity index (χ1) is 3.72. The van der Waals surface area contributed by atoms with Crippen LogP contribution in [-0.2, 0) is 0 Å². The SMILES string of the molecule is CCC(F)C(O)CF.[Rf]. The van der Waals surface area contributed by atoms with Crippen molar-refractivity contribution in [2.75, 3.05) is 6.67 Å². The van der Waals surface area contributed by atoms with Crippen LogP contribution in [0.2, 0.25) is 0 Å². The molecule has 0 aromatic carbocycles. The van der Waals surface area contributed by atoms with E-state index in [2.05, 4.69) is 0 Å². The molecule has 0 fully saturated rings. The van der Waals surface area contributed by atoms with Gasteiger partial charge >= 0.3 is 0 Å². The van der Waals surface area contributed by atoms with Gasteiger partial charge in [0.15, 0.2) is 0 Å². The van der Waals surface area contributed by atoms with Crippen LogP contribution in [0, 0.1) is 0 Å². The van der Waals surface area contributed by atoms with Gasteiger partial charge in [-0.3, -0.25) is 0 Å². The molecule has 0 bridgehead atoms. The maximum Gasteiger partial charge on any atom is 0.128 e. The third kappa shape index (κ3) is 3.41. The van der Waals surface area contributed by atoms with Gasteiger partial charge in [-0.25, -0.2) is 8.78 Å². The van der Waals surface area contributed by atoms with Gasteiger partial charge < -0.3 is 5.11 Å². The molecule has 2 atom stereocenters. The van der Waals surface area contributed by atoms with Crippen molar-refractivity contribution < 1.29 is 13.9 Å². The molecule has 9 heavy (non-hydrogen) atoms. The van der Waals surface area contributed by atoms with Gasteiger partial charge in [-0.15, -0.1) is 0 Å². The summed E-state index contributed by atoms with van der Waals surface area (Å²) in [5, 5.41) is 8.38. The fourth-order valence-corrected chi connectivity index (χ4v) is 0.369. The van der Waals surface area contributed by atoms with E-state index in [4.69, 9.17) is 5.11 Å². The quantitative estimate of drug-likeness (QED) is 0.764. The fourth-order valence-electron chi connectivity index (χ4n) is 0.369. The summed E-state index contributed by atoms with van der Waals surface area (Å²) in [7, 11) is 0. The second-order valence-corrected chi connectivity index (χ2v) is 1.65. The molecule has 0 aliphatic rings. The van der Waals surface area contributed by atoms with Crippen LogP contribution in [0.5, 0.6) is 0 Å². The van der Waals surface area contributed by atoms with E-state index in [1.54, 1.807) is 6.92 Å². The van der Waals surface area contributed by atoms with Crippen molar-refractivity contribution in [1.29, 1.82) is 0 Å². The summed E-state index contributed by atoms with van der Waals surface area (Å²) >= 11 is 0. The van der Waals surface area contributed by atoms with E-state index in [9.17, 15) is 8.78 Å². The van der Waals surface area contributed by atoms with Crippen molar-refractivity contribution in [3.63, 3.8) is 0 Å². The Kier molecular flexibility index (Phi) is 5.93. The molecule has 0 saturated heterocycles. The molecule has 0 aromatic heterocycles. The first-order valence-corrected chi connectivity index (χ1v) is 2.60. The molecule has 0 heterocycles. The van der Waals surface area contributed by atoms with Crippen LogP contribution in [0.15, 0.2) is 0 Å². The number of rotatable bonds is 3. The number of hydrogen-bond acceptors (Lipinski definition) is 1. The molecule has 0 spiro atoms. The van der Waals surface area contributed by atoms with Gasteiger partial charge in [0.05, 0.1) is 0 Å². The first-order valence-electron chi connectivity index (χ1n) is 2.60. The van der Waals surface area contributed by atoms with Crippen molar-refractivity contribution in [1.82, 2.24) is 0 Å². The summed E-state index contributed by atoms with van der Waals surface area (Å²) in [6.45, 7) is 0.568. The number of aliphatic hydroxyl groups excluding tert-OH is 1. The summed E-state index contributed by atoms with van der Waals surface area (Å²) in [4.78, 5) is 0. The minimum Gasteiger partial charge on any atom is -0.387 e. The van der Waals surface area contributed by atoms with Crippen molar-refractivity contribution in [2.24, 2.45) is 0 Å². The molecule has 0 aliphatic heterocycles. The van der Waals surface area contributed by atoms with Crippen LogP contribution < -0.4 is 0 Å². The normalized spacial score (nSPS) is 16.0. The van der Waals surface area contributed by atoms with Gasteiger partial charge in [0.25, 0.3) is 0 Å². The Balaban J connectivity index is 0. The minimum absolute atomic E-state index is 0. The summed E-state index contributed by atoms with van der Waals surface area (Å²) < 4.78 is 23.4. The Morgan fingerprint density at radius 3 is 2.11 bits per heavy atom. The predicted molar refractivity (Wildman–Crippen MR) is 27.2 cm³/mol. The molecule has 52 valence electrons. The molecule has 0 amide bonds. The molecule has 1 nitrogen and oxygen atoms in total. The van der Waals surface area contributed by atoms with E-state index in [1.165, 1.54) is 0 Å². The zero-order chi connectivity index (χ0) is 6.57. The second-order valence-electron chi connectivity index (χ2n) is 1.65. The number of alkyl halides is 2. The predicted octanol–water partition coefficient (Wildman–Crippen LogP) is 1.06. The molecule has 0 rings (SSSR count). The molecule has 0 aliphatic carbocycles. The second kappa shape index (κ2) is 4.97. The summed E-state index contributed by atoms with van der Waals surface area (Å²) in [6, 6.07) is 0. The van der Waals surface area contributed by atoms with Crippen LogP contribution >= 0.6 is 0 Å².